The first kappa shape index (κ1) is 15.8. The van der Waals surface area contributed by atoms with Gasteiger partial charge >= 0.3 is 0 Å². The molecule has 0 aliphatic heterocycles. The number of carbonyl (C=O) groups excluding carboxylic acids is 1. The highest BCUT2D eigenvalue weighted by molar-refractivity contribution is 6.46. The minimum atomic E-state index is -0.341. The lowest BCUT2D eigenvalue weighted by atomic mass is 10.1. The number of fused-ring (bicyclic) bond motifs is 1. The Morgan fingerprint density at radius 2 is 1.82 bits per heavy atom. The van der Waals surface area contributed by atoms with Crippen molar-refractivity contribution in [3.05, 3.63) is 36.8 Å². The number of rotatable bonds is 2. The predicted molar refractivity (Wildman–Crippen MR) is 88.7 cm³/mol. The molecule has 0 amide bonds. The van der Waals surface area contributed by atoms with Gasteiger partial charge in [-0.3, -0.25) is 9.59 Å². The van der Waals surface area contributed by atoms with Crippen LogP contribution in [0.5, 0.6) is 0 Å². The smallest absolute Gasteiger partial charge is 0.262 e. The molecule has 0 saturated heterocycles. The molecule has 0 aromatic carbocycles. The molecule has 0 radical (unpaired) electrons. The Labute approximate surface area is 142 Å². The van der Waals surface area contributed by atoms with Crippen molar-refractivity contribution in [1.82, 2.24) is 9.55 Å². The van der Waals surface area contributed by atoms with Crippen LogP contribution in [0.4, 0.5) is 0 Å². The first-order valence-corrected chi connectivity index (χ1v) is 8.15. The molecule has 7 heteroatoms. The first-order valence-electron chi connectivity index (χ1n) is 7.01. The van der Waals surface area contributed by atoms with E-state index in [0.717, 1.165) is 25.7 Å². The Morgan fingerprint density at radius 3 is 2.41 bits per heavy atom. The molecule has 0 spiro atoms. The third-order valence-electron chi connectivity index (χ3n) is 4.31. The highest BCUT2D eigenvalue weighted by Gasteiger charge is 2.26. The van der Waals surface area contributed by atoms with Crippen LogP contribution < -0.4 is 5.56 Å². The van der Waals surface area contributed by atoms with Gasteiger partial charge in [0.05, 0.1) is 11.1 Å². The van der Waals surface area contributed by atoms with Crippen LogP contribution in [0.3, 0.4) is 0 Å². The van der Waals surface area contributed by atoms with Gasteiger partial charge in [-0.05, 0) is 25.3 Å². The van der Waals surface area contributed by atoms with Crippen LogP contribution in [0, 0.1) is 6.92 Å². The maximum absolute atomic E-state index is 12.8. The molecule has 1 fully saturated rings. The minimum Gasteiger partial charge on any atom is -0.303 e. The maximum atomic E-state index is 12.8. The van der Waals surface area contributed by atoms with Crippen LogP contribution in [0.1, 0.15) is 47.6 Å². The van der Waals surface area contributed by atoms with Crippen molar-refractivity contribution in [3.8, 4) is 0 Å². The zero-order valence-corrected chi connectivity index (χ0v) is 14.1. The van der Waals surface area contributed by atoms with Gasteiger partial charge < -0.3 is 4.57 Å². The third-order valence-corrected chi connectivity index (χ3v) is 5.31. The number of nitrogens with zero attached hydrogens (tertiary/aromatic N) is 2. The summed E-state index contributed by atoms with van der Waals surface area (Å²) < 4.78 is 1.58. The minimum absolute atomic E-state index is 0.00123. The zero-order valence-electron chi connectivity index (χ0n) is 11.8. The molecule has 2 aromatic rings. The Bertz CT molecular complexity index is 839. The molecule has 1 saturated carbocycles. The monoisotopic (exact) mass is 358 g/mol. The van der Waals surface area contributed by atoms with E-state index in [0.29, 0.717) is 22.8 Å². The largest absolute Gasteiger partial charge is 0.303 e. The fourth-order valence-corrected chi connectivity index (χ4v) is 3.99. The molecular weight excluding hydrogens is 347 g/mol. The van der Waals surface area contributed by atoms with Crippen molar-refractivity contribution in [3.63, 3.8) is 0 Å². The van der Waals surface area contributed by atoms with Crippen LogP contribution in [-0.4, -0.2) is 15.8 Å². The van der Waals surface area contributed by atoms with Crippen LogP contribution >= 0.6 is 34.8 Å². The van der Waals surface area contributed by atoms with Gasteiger partial charge in [0, 0.05) is 11.4 Å². The Balaban J connectivity index is 2.56. The number of carbonyl (C=O) groups is 1. The lowest BCUT2D eigenvalue weighted by molar-refractivity contribution is 0.112. The maximum Gasteiger partial charge on any atom is 0.262 e. The van der Waals surface area contributed by atoms with E-state index < -0.39 is 0 Å². The van der Waals surface area contributed by atoms with Gasteiger partial charge in [0.2, 0.25) is 0 Å². The van der Waals surface area contributed by atoms with E-state index in [1.807, 2.05) is 0 Å². The molecule has 116 valence electrons. The number of halogens is 3. The third kappa shape index (κ3) is 2.25. The molecule has 22 heavy (non-hydrogen) atoms. The Hall–Kier alpha value is -1.10. The van der Waals surface area contributed by atoms with Gasteiger partial charge in [-0.2, -0.15) is 0 Å². The molecule has 4 nitrogen and oxygen atoms in total. The molecule has 0 unspecified atom stereocenters. The zero-order chi connectivity index (χ0) is 16.0. The number of aldehydes is 1. The van der Waals surface area contributed by atoms with Gasteiger partial charge in [0.15, 0.2) is 11.4 Å². The number of hydrogen-bond donors (Lipinski definition) is 0. The molecule has 3 rings (SSSR count). The summed E-state index contributed by atoms with van der Waals surface area (Å²) in [4.78, 5) is 28.2. The fourth-order valence-electron chi connectivity index (χ4n) is 3.23. The average molecular weight is 360 g/mol. The van der Waals surface area contributed by atoms with Gasteiger partial charge in [-0.15, -0.1) is 0 Å². The van der Waals surface area contributed by atoms with Crippen LogP contribution in [-0.2, 0) is 0 Å². The molecule has 0 bridgehead atoms. The summed E-state index contributed by atoms with van der Waals surface area (Å²) >= 11 is 18.6. The number of pyridine rings is 2. The summed E-state index contributed by atoms with van der Waals surface area (Å²) in [6.45, 7) is 1.67. The normalized spacial score (nSPS) is 15.6. The lowest BCUT2D eigenvalue weighted by Crippen LogP contribution is -2.28. The van der Waals surface area contributed by atoms with E-state index >= 15 is 0 Å². The SMILES string of the molecule is Cc1c(C=O)c(=O)n(C2CCCC2)c2c(Cl)c(Cl)nc(Cl)c12. The van der Waals surface area contributed by atoms with Crippen molar-refractivity contribution in [1.29, 1.82) is 0 Å². The highest BCUT2D eigenvalue weighted by atomic mass is 35.5. The van der Waals surface area contributed by atoms with E-state index in [-0.39, 0.29) is 32.5 Å². The molecular formula is C15H13Cl3N2O2. The summed E-state index contributed by atoms with van der Waals surface area (Å²) in [5.74, 6) is 0. The second kappa shape index (κ2) is 5.84. The predicted octanol–water partition coefficient (Wildman–Crippen LogP) is 4.59. The summed E-state index contributed by atoms with van der Waals surface area (Å²) in [6.07, 6.45) is 4.37. The van der Waals surface area contributed by atoms with E-state index in [1.165, 1.54) is 0 Å². The van der Waals surface area contributed by atoms with E-state index in [9.17, 15) is 9.59 Å². The van der Waals surface area contributed by atoms with Crippen molar-refractivity contribution in [2.75, 3.05) is 0 Å². The number of aryl methyl sites for hydroxylation is 1. The number of hydrogen-bond acceptors (Lipinski definition) is 3. The van der Waals surface area contributed by atoms with E-state index in [4.69, 9.17) is 34.8 Å². The standard InChI is InChI=1S/C15H13Cl3N2O2/c1-7-9(6-21)15(22)20(8-4-2-3-5-8)12-10(7)13(17)19-14(18)11(12)16/h6,8H,2-5H2,1H3. The second-order valence-corrected chi connectivity index (χ2v) is 6.59. The summed E-state index contributed by atoms with van der Waals surface area (Å²) in [5, 5.41) is 0.926. The fraction of sp³-hybridized carbons (Fsp3) is 0.400. The molecule has 0 atom stereocenters. The lowest BCUT2D eigenvalue weighted by Gasteiger charge is -2.21. The van der Waals surface area contributed by atoms with Gasteiger partial charge in [0.1, 0.15) is 10.2 Å². The molecule has 1 aliphatic rings. The van der Waals surface area contributed by atoms with Crippen LogP contribution in [0.25, 0.3) is 10.9 Å². The molecule has 0 N–H and O–H groups in total. The van der Waals surface area contributed by atoms with Crippen molar-refractivity contribution < 1.29 is 4.79 Å². The van der Waals surface area contributed by atoms with E-state index in [2.05, 4.69) is 4.98 Å². The van der Waals surface area contributed by atoms with Crippen molar-refractivity contribution >= 4 is 52.0 Å². The molecule has 1 aliphatic carbocycles. The summed E-state index contributed by atoms with van der Waals surface area (Å²) in [7, 11) is 0. The number of aromatic nitrogens is 2. The Morgan fingerprint density at radius 1 is 1.18 bits per heavy atom. The molecule has 2 aromatic heterocycles. The summed E-state index contributed by atoms with van der Waals surface area (Å²) in [5.41, 5.74) is 0.723. The quantitative estimate of drug-likeness (QED) is 0.582. The van der Waals surface area contributed by atoms with Gasteiger partial charge in [-0.25, -0.2) is 4.98 Å². The highest BCUT2D eigenvalue weighted by Crippen LogP contribution is 2.39. The summed E-state index contributed by atoms with van der Waals surface area (Å²) in [6, 6.07) is 0.00123. The van der Waals surface area contributed by atoms with Crippen molar-refractivity contribution in [2.45, 2.75) is 38.6 Å². The molecule has 2 heterocycles. The van der Waals surface area contributed by atoms with Crippen molar-refractivity contribution in [2.24, 2.45) is 0 Å². The van der Waals surface area contributed by atoms with Crippen LogP contribution in [0.15, 0.2) is 4.79 Å². The Kier molecular flexibility index (Phi) is 4.19. The van der Waals surface area contributed by atoms with Gasteiger partial charge in [-0.1, -0.05) is 47.6 Å². The average Bonchev–Trinajstić information content (AvgIpc) is 2.98. The van der Waals surface area contributed by atoms with E-state index in [1.54, 1.807) is 11.5 Å². The second-order valence-electron chi connectivity index (χ2n) is 5.50. The van der Waals surface area contributed by atoms with Gasteiger partial charge in [0.25, 0.3) is 5.56 Å². The van der Waals surface area contributed by atoms with Crippen LogP contribution in [0.2, 0.25) is 15.3 Å². The first-order chi connectivity index (χ1) is 10.5. The topological polar surface area (TPSA) is 52.0 Å².